The van der Waals surface area contributed by atoms with Gasteiger partial charge in [-0.15, -0.1) is 0 Å². The van der Waals surface area contributed by atoms with Crippen LogP contribution in [0.15, 0.2) is 12.3 Å². The molecule has 1 saturated carbocycles. The standard InChI is InChI=1S/C12H15NO3/c1-15-11-5-10(7-14)13-6-12(11)16-8-9-3-2-4-9/h5-7,9H,2-4,8H2,1H3. The van der Waals surface area contributed by atoms with E-state index in [2.05, 4.69) is 4.98 Å². The van der Waals surface area contributed by atoms with Crippen molar-refractivity contribution >= 4 is 6.29 Å². The predicted octanol–water partition coefficient (Wildman–Crippen LogP) is 2.08. The Balaban J connectivity index is 2.03. The van der Waals surface area contributed by atoms with Gasteiger partial charge < -0.3 is 9.47 Å². The van der Waals surface area contributed by atoms with Crippen LogP contribution in [-0.2, 0) is 0 Å². The summed E-state index contributed by atoms with van der Waals surface area (Å²) in [6.45, 7) is 0.707. The lowest BCUT2D eigenvalue weighted by Crippen LogP contribution is -2.19. The number of pyridine rings is 1. The molecule has 1 aromatic heterocycles. The van der Waals surface area contributed by atoms with Crippen LogP contribution in [0.1, 0.15) is 29.8 Å². The van der Waals surface area contributed by atoms with E-state index in [0.717, 1.165) is 0 Å². The highest BCUT2D eigenvalue weighted by atomic mass is 16.5. The van der Waals surface area contributed by atoms with E-state index in [-0.39, 0.29) is 0 Å². The molecule has 0 amide bonds. The van der Waals surface area contributed by atoms with Gasteiger partial charge in [0.2, 0.25) is 0 Å². The Hall–Kier alpha value is -1.58. The first-order valence-electron chi connectivity index (χ1n) is 5.45. The van der Waals surface area contributed by atoms with Crippen LogP contribution < -0.4 is 9.47 Å². The number of methoxy groups -OCH3 is 1. The number of hydrogen-bond acceptors (Lipinski definition) is 4. The molecule has 0 N–H and O–H groups in total. The lowest BCUT2D eigenvalue weighted by Gasteiger charge is -2.25. The van der Waals surface area contributed by atoms with Gasteiger partial charge in [-0.25, -0.2) is 4.98 Å². The first kappa shape index (κ1) is 10.9. The molecule has 1 fully saturated rings. The molecule has 0 bridgehead atoms. The largest absolute Gasteiger partial charge is 0.493 e. The van der Waals surface area contributed by atoms with Gasteiger partial charge in [0.1, 0.15) is 5.69 Å². The zero-order valence-corrected chi connectivity index (χ0v) is 9.31. The van der Waals surface area contributed by atoms with Crippen molar-refractivity contribution in [3.63, 3.8) is 0 Å². The number of hydrogen-bond donors (Lipinski definition) is 0. The SMILES string of the molecule is COc1cc(C=O)ncc1OCC1CCC1. The quantitative estimate of drug-likeness (QED) is 0.714. The van der Waals surface area contributed by atoms with Crippen LogP contribution in [0.3, 0.4) is 0 Å². The third-order valence-electron chi connectivity index (χ3n) is 2.89. The lowest BCUT2D eigenvalue weighted by molar-refractivity contribution is 0.111. The summed E-state index contributed by atoms with van der Waals surface area (Å²) in [5.41, 5.74) is 0.354. The molecule has 0 atom stereocenters. The van der Waals surface area contributed by atoms with Gasteiger partial charge in [0.15, 0.2) is 17.8 Å². The summed E-state index contributed by atoms with van der Waals surface area (Å²) in [5.74, 6) is 1.84. The zero-order chi connectivity index (χ0) is 11.4. The number of nitrogens with zero attached hydrogens (tertiary/aromatic N) is 1. The highest BCUT2D eigenvalue weighted by Crippen LogP contribution is 2.30. The highest BCUT2D eigenvalue weighted by molar-refractivity contribution is 5.73. The average molecular weight is 221 g/mol. The third kappa shape index (κ3) is 2.32. The normalized spacial score (nSPS) is 15.3. The molecular formula is C12H15NO3. The fourth-order valence-corrected chi connectivity index (χ4v) is 1.64. The summed E-state index contributed by atoms with van der Waals surface area (Å²) in [7, 11) is 1.56. The molecule has 0 spiro atoms. The summed E-state index contributed by atoms with van der Waals surface area (Å²) in [4.78, 5) is 14.5. The van der Waals surface area contributed by atoms with E-state index >= 15 is 0 Å². The Bertz CT molecular complexity index is 375. The smallest absolute Gasteiger partial charge is 0.179 e. The van der Waals surface area contributed by atoms with Gasteiger partial charge in [-0.05, 0) is 18.8 Å². The van der Waals surface area contributed by atoms with Crippen molar-refractivity contribution in [2.45, 2.75) is 19.3 Å². The summed E-state index contributed by atoms with van der Waals surface area (Å²) in [6.07, 6.45) is 6.01. The molecule has 1 aliphatic carbocycles. The lowest BCUT2D eigenvalue weighted by atomic mass is 9.86. The van der Waals surface area contributed by atoms with Gasteiger partial charge in [-0.3, -0.25) is 4.79 Å². The Kier molecular flexibility index (Phi) is 3.39. The molecule has 0 aliphatic heterocycles. The maximum absolute atomic E-state index is 10.5. The Labute approximate surface area is 94.6 Å². The maximum Gasteiger partial charge on any atom is 0.179 e. The van der Waals surface area contributed by atoms with Gasteiger partial charge in [0.25, 0.3) is 0 Å². The Morgan fingerprint density at radius 3 is 2.88 bits per heavy atom. The van der Waals surface area contributed by atoms with Gasteiger partial charge in [0.05, 0.1) is 19.9 Å². The fourth-order valence-electron chi connectivity index (χ4n) is 1.64. The number of aromatic nitrogens is 1. The van der Waals surface area contributed by atoms with Crippen LogP contribution in [0.4, 0.5) is 0 Å². The second-order valence-electron chi connectivity index (χ2n) is 3.99. The zero-order valence-electron chi connectivity index (χ0n) is 9.31. The first-order valence-corrected chi connectivity index (χ1v) is 5.45. The molecule has 16 heavy (non-hydrogen) atoms. The number of carbonyl (C=O) groups is 1. The van der Waals surface area contributed by atoms with E-state index in [1.165, 1.54) is 19.3 Å². The first-order chi connectivity index (χ1) is 7.83. The second kappa shape index (κ2) is 4.96. The average Bonchev–Trinajstić information content (AvgIpc) is 2.27. The minimum absolute atomic E-state index is 0.354. The van der Waals surface area contributed by atoms with Crippen molar-refractivity contribution in [1.29, 1.82) is 0 Å². The Morgan fingerprint density at radius 2 is 2.31 bits per heavy atom. The molecule has 0 radical (unpaired) electrons. The predicted molar refractivity (Wildman–Crippen MR) is 59.0 cm³/mol. The van der Waals surface area contributed by atoms with Crippen molar-refractivity contribution in [2.24, 2.45) is 5.92 Å². The summed E-state index contributed by atoms with van der Waals surface area (Å²) in [6, 6.07) is 1.59. The van der Waals surface area contributed by atoms with Gasteiger partial charge in [-0.2, -0.15) is 0 Å². The molecule has 0 saturated heterocycles. The molecular weight excluding hydrogens is 206 g/mol. The van der Waals surface area contributed by atoms with Crippen LogP contribution in [0.5, 0.6) is 11.5 Å². The van der Waals surface area contributed by atoms with Gasteiger partial charge in [-0.1, -0.05) is 6.42 Å². The number of rotatable bonds is 5. The minimum atomic E-state index is 0.354. The monoisotopic (exact) mass is 221 g/mol. The number of carbonyl (C=O) groups excluding carboxylic acids is 1. The van der Waals surface area contributed by atoms with Crippen molar-refractivity contribution in [3.8, 4) is 11.5 Å². The summed E-state index contributed by atoms with van der Waals surface area (Å²) < 4.78 is 10.8. The van der Waals surface area contributed by atoms with Crippen LogP contribution in [0.25, 0.3) is 0 Å². The molecule has 1 aromatic rings. The molecule has 1 heterocycles. The van der Waals surface area contributed by atoms with Crippen LogP contribution >= 0.6 is 0 Å². The van der Waals surface area contributed by atoms with E-state index in [1.54, 1.807) is 19.4 Å². The minimum Gasteiger partial charge on any atom is -0.493 e. The van der Waals surface area contributed by atoms with E-state index < -0.39 is 0 Å². The van der Waals surface area contributed by atoms with Crippen molar-refractivity contribution < 1.29 is 14.3 Å². The molecule has 0 unspecified atom stereocenters. The van der Waals surface area contributed by atoms with E-state index in [4.69, 9.17) is 9.47 Å². The Morgan fingerprint density at radius 1 is 1.50 bits per heavy atom. The fraction of sp³-hybridized carbons (Fsp3) is 0.500. The van der Waals surface area contributed by atoms with Gasteiger partial charge in [0, 0.05) is 6.07 Å². The van der Waals surface area contributed by atoms with Crippen molar-refractivity contribution in [2.75, 3.05) is 13.7 Å². The summed E-state index contributed by atoms with van der Waals surface area (Å²) >= 11 is 0. The van der Waals surface area contributed by atoms with E-state index in [1.807, 2.05) is 0 Å². The van der Waals surface area contributed by atoms with Crippen LogP contribution in [0.2, 0.25) is 0 Å². The number of ether oxygens (including phenoxy) is 2. The third-order valence-corrected chi connectivity index (χ3v) is 2.89. The van der Waals surface area contributed by atoms with Crippen LogP contribution in [0, 0.1) is 5.92 Å². The molecule has 86 valence electrons. The maximum atomic E-state index is 10.5. The van der Waals surface area contributed by atoms with E-state index in [9.17, 15) is 4.79 Å². The van der Waals surface area contributed by atoms with Crippen molar-refractivity contribution in [3.05, 3.63) is 18.0 Å². The van der Waals surface area contributed by atoms with E-state index in [0.29, 0.717) is 36.0 Å². The topological polar surface area (TPSA) is 48.4 Å². The molecule has 4 nitrogen and oxygen atoms in total. The molecule has 2 rings (SSSR count). The molecule has 1 aliphatic rings. The number of aldehydes is 1. The molecule has 0 aromatic carbocycles. The highest BCUT2D eigenvalue weighted by Gasteiger charge is 2.18. The summed E-state index contributed by atoms with van der Waals surface area (Å²) in [5, 5.41) is 0. The van der Waals surface area contributed by atoms with Crippen LogP contribution in [-0.4, -0.2) is 25.0 Å². The second-order valence-corrected chi connectivity index (χ2v) is 3.99. The van der Waals surface area contributed by atoms with Gasteiger partial charge >= 0.3 is 0 Å². The molecule has 4 heteroatoms. The van der Waals surface area contributed by atoms with Crippen molar-refractivity contribution in [1.82, 2.24) is 4.98 Å².